The normalized spacial score (nSPS) is 25.0. The molecule has 0 spiro atoms. The van der Waals surface area contributed by atoms with Gasteiger partial charge in [0.15, 0.2) is 47.7 Å². The van der Waals surface area contributed by atoms with E-state index in [1.807, 2.05) is 11.9 Å². The number of benzene rings is 1. The topological polar surface area (TPSA) is 584 Å². The standard InChI is InChI=1S/C66H101N11O29/c1-38-72-60(67)52-61(73-38)71-31-40(74-52)32-77(2)41-11-9-39(10-12-41)44(85)8-3-6-43(84)30-66(16-13-42(83)7-4-21-96-26-28-100-64-58(93)59(106-65(68)94)55(90)47(35-80)105-64,18-15-49(87)70-20-25-97-27-29-99-63-57(92)51(76-102-37-82)54(89)46(34-79)104-63)17-14-48(86)69-19-24-95-22-5-23-98-62-56(91)50(75-101-36-81)53(88)45(33-78)103-62/h9-12,31,36-37,45-47,50-51,53-59,62-64,75-76,78-80,88-93H,3-8,13-30,32-35H2,1-2H3,(H2,68,94)(H,69,86)(H,70,87)(H2,67,71,72,73)/t45-,46-,47-,50+,51+,53-,54-,55-,56+,57+,58+,59+,62?,63?,64?,66?/m1/s1. The third-order valence-corrected chi connectivity index (χ3v) is 17.7. The van der Waals surface area contributed by atoms with Crippen LogP contribution in [0.2, 0.25) is 0 Å². The van der Waals surface area contributed by atoms with Crippen LogP contribution in [0.1, 0.15) is 105 Å². The summed E-state index contributed by atoms with van der Waals surface area (Å²) in [6.45, 7) is -0.158. The molecule has 3 aliphatic rings. The van der Waals surface area contributed by atoms with Gasteiger partial charge in [-0.1, -0.05) is 0 Å². The van der Waals surface area contributed by atoms with Crippen LogP contribution in [0.3, 0.4) is 0 Å². The summed E-state index contributed by atoms with van der Waals surface area (Å²) in [7, 11) is 1.84. The fraction of sp³-hybridized carbons (Fsp3) is 0.697. The molecule has 3 amide bonds. The van der Waals surface area contributed by atoms with Gasteiger partial charge >= 0.3 is 19.0 Å². The van der Waals surface area contributed by atoms with Gasteiger partial charge < -0.3 is 130 Å². The number of ether oxygens (including phenoxy) is 10. The van der Waals surface area contributed by atoms with Crippen LogP contribution < -0.4 is 38.0 Å². The van der Waals surface area contributed by atoms with E-state index in [2.05, 4.69) is 51.2 Å². The second-order valence-corrected chi connectivity index (χ2v) is 25.5. The molecular formula is C66H101N11O29. The van der Waals surface area contributed by atoms with Crippen molar-refractivity contribution < 1.29 is 141 Å². The van der Waals surface area contributed by atoms with Crippen LogP contribution >= 0.6 is 0 Å². The minimum absolute atomic E-state index is 0.00626. The fourth-order valence-corrected chi connectivity index (χ4v) is 12.0. The number of hydrogen-bond acceptors (Lipinski definition) is 37. The molecule has 0 saturated carbocycles. The maximum absolute atomic E-state index is 14.3. The van der Waals surface area contributed by atoms with Crippen LogP contribution in [-0.4, -0.2) is 306 Å². The maximum Gasteiger partial charge on any atom is 0.404 e. The number of aryl methyl sites for hydroxylation is 1. The second kappa shape index (κ2) is 46.1. The summed E-state index contributed by atoms with van der Waals surface area (Å²) in [4.78, 5) is 130. The molecule has 1 aromatic carbocycles. The van der Waals surface area contributed by atoms with Crippen LogP contribution in [0.25, 0.3) is 11.2 Å². The SMILES string of the molecule is Cc1nc(N)c2nc(CN(C)c3ccc(C(=O)CCCC(=O)CC(CCC(=O)CCCOCCOC4O[C@H](CO)[C@@H](O)[C@H](OC(N)=O)[C@@H]4O)(CCC(=O)NCCOCCCOC4O[C@H](CO)[C@@H](O)[C@H](NOC=O)[C@@H]4O)CCC(=O)NCCOCCOC4O[C@H](CO)[C@@H](O)[C@H](NOC=O)[C@@H]4O)cc3)cnc2n1. The summed E-state index contributed by atoms with van der Waals surface area (Å²) in [6.07, 6.45) is -18.3. The third kappa shape index (κ3) is 28.0. The molecule has 3 saturated heterocycles. The van der Waals surface area contributed by atoms with Crippen LogP contribution in [0.5, 0.6) is 0 Å². The molecule has 106 heavy (non-hydrogen) atoms. The van der Waals surface area contributed by atoms with Crippen molar-refractivity contribution in [3.05, 3.63) is 47.5 Å². The zero-order valence-corrected chi connectivity index (χ0v) is 59.1. The molecule has 40 heteroatoms. The molecule has 0 radical (unpaired) electrons. The Balaban J connectivity index is 1.07. The first-order valence-electron chi connectivity index (χ1n) is 34.7. The lowest BCUT2D eigenvalue weighted by atomic mass is 9.70. The first kappa shape index (κ1) is 87.5. The molecule has 6 rings (SSSR count). The number of nitrogens with two attached hydrogens (primary N) is 2. The summed E-state index contributed by atoms with van der Waals surface area (Å²) in [5, 5.41) is 97.8. The molecular weight excluding hydrogens is 1410 g/mol. The van der Waals surface area contributed by atoms with Gasteiger partial charge in [-0.25, -0.2) is 24.7 Å². The predicted molar refractivity (Wildman–Crippen MR) is 362 cm³/mol. The Hall–Kier alpha value is -7.40. The van der Waals surface area contributed by atoms with Crippen molar-refractivity contribution in [1.29, 1.82) is 0 Å². The number of aliphatic hydroxyl groups excluding tert-OH is 9. The number of nitrogen functional groups attached to an aromatic ring is 1. The van der Waals surface area contributed by atoms with E-state index in [0.717, 1.165) is 5.69 Å². The van der Waals surface area contributed by atoms with E-state index in [0.29, 0.717) is 34.8 Å². The van der Waals surface area contributed by atoms with Crippen molar-refractivity contribution in [2.75, 3.05) is 110 Å². The number of aliphatic hydroxyl groups is 9. The highest BCUT2D eigenvalue weighted by Crippen LogP contribution is 2.40. The zero-order valence-electron chi connectivity index (χ0n) is 59.1. The van der Waals surface area contributed by atoms with E-state index in [9.17, 15) is 84.3 Å². The molecule has 0 aliphatic carbocycles. The number of carbonyl (C=O) groups excluding carboxylic acids is 8. The van der Waals surface area contributed by atoms with E-state index in [1.54, 1.807) is 37.4 Å². The number of nitrogens with zero attached hydrogens (tertiary/aromatic N) is 5. The van der Waals surface area contributed by atoms with E-state index in [-0.39, 0.29) is 192 Å². The predicted octanol–water partition coefficient (Wildman–Crippen LogP) is -4.47. The van der Waals surface area contributed by atoms with E-state index >= 15 is 0 Å². The van der Waals surface area contributed by atoms with Crippen molar-refractivity contribution in [2.45, 2.75) is 189 Å². The number of fused-ring (bicyclic) bond motifs is 1. The number of aromatic nitrogens is 4. The minimum atomic E-state index is -1.68. The first-order valence-corrected chi connectivity index (χ1v) is 34.7. The molecule has 3 aliphatic heterocycles. The number of Topliss-reactive ketones (excluding diaryl/α,β-unsaturated/α-hetero) is 3. The number of anilines is 2. The number of primary amides is 1. The van der Waals surface area contributed by atoms with Gasteiger partial charge in [0.25, 0.3) is 0 Å². The van der Waals surface area contributed by atoms with Crippen LogP contribution in [0.4, 0.5) is 16.3 Å². The van der Waals surface area contributed by atoms with Gasteiger partial charge in [-0.15, -0.1) is 11.0 Å². The summed E-state index contributed by atoms with van der Waals surface area (Å²) >= 11 is 0. The van der Waals surface area contributed by atoms with E-state index in [1.165, 1.54) is 0 Å². The van der Waals surface area contributed by atoms with E-state index in [4.69, 9.17) is 58.8 Å². The minimum Gasteiger partial charge on any atom is -0.441 e. The molecule has 2 aromatic heterocycles. The number of carbonyl (C=O) groups is 8. The second-order valence-electron chi connectivity index (χ2n) is 25.5. The summed E-state index contributed by atoms with van der Waals surface area (Å²) < 4.78 is 54.9. The maximum atomic E-state index is 14.3. The lowest BCUT2D eigenvalue weighted by Gasteiger charge is -2.41. The molecule has 17 N–H and O–H groups in total. The summed E-state index contributed by atoms with van der Waals surface area (Å²) in [5.74, 6) is -0.987. The zero-order chi connectivity index (χ0) is 77.1. The van der Waals surface area contributed by atoms with Gasteiger partial charge in [0, 0.05) is 89.5 Å². The number of hydrogen-bond donors (Lipinski definition) is 15. The Labute approximate surface area is 609 Å². The molecule has 0 bridgehead atoms. The summed E-state index contributed by atoms with van der Waals surface area (Å²) in [6, 6.07) is 4.39. The number of hydroxylamine groups is 2. The largest absolute Gasteiger partial charge is 0.441 e. The van der Waals surface area contributed by atoms with Crippen molar-refractivity contribution in [2.24, 2.45) is 11.1 Å². The van der Waals surface area contributed by atoms with Crippen LogP contribution in [0, 0.1) is 12.3 Å². The number of rotatable bonds is 52. The Kier molecular flexibility index (Phi) is 38.0. The van der Waals surface area contributed by atoms with Gasteiger partial charge in [0.1, 0.15) is 84.4 Å². The lowest BCUT2D eigenvalue weighted by Crippen LogP contribution is -2.64. The molecule has 4 unspecified atom stereocenters. The van der Waals surface area contributed by atoms with Gasteiger partial charge in [-0.3, -0.25) is 33.6 Å². The number of nitrogens with one attached hydrogen (secondary N) is 4. The highest BCUT2D eigenvalue weighted by atomic mass is 16.7. The van der Waals surface area contributed by atoms with Gasteiger partial charge in [-0.05, 0) is 75.1 Å². The highest BCUT2D eigenvalue weighted by Gasteiger charge is 2.49. The van der Waals surface area contributed by atoms with Crippen LogP contribution in [-0.2, 0) is 92.4 Å². The molecule has 16 atom stereocenters. The average molecular weight is 1510 g/mol. The third-order valence-electron chi connectivity index (χ3n) is 17.7. The molecule has 5 heterocycles. The number of amides is 3. The van der Waals surface area contributed by atoms with Crippen molar-refractivity contribution in [3.8, 4) is 0 Å². The quantitative estimate of drug-likeness (QED) is 0.00833. The first-order chi connectivity index (χ1) is 50.9. The van der Waals surface area contributed by atoms with Gasteiger partial charge in [0.05, 0.1) is 84.5 Å². The monoisotopic (exact) mass is 1510 g/mol. The van der Waals surface area contributed by atoms with Crippen molar-refractivity contribution in [1.82, 2.24) is 41.5 Å². The highest BCUT2D eigenvalue weighted by molar-refractivity contribution is 5.96. The fourth-order valence-electron chi connectivity index (χ4n) is 12.0. The summed E-state index contributed by atoms with van der Waals surface area (Å²) in [5.41, 5.74) is 17.0. The van der Waals surface area contributed by atoms with E-state index < -0.39 is 135 Å². The molecule has 40 nitrogen and oxygen atoms in total. The Morgan fingerprint density at radius 2 is 1.09 bits per heavy atom. The Morgan fingerprint density at radius 1 is 0.585 bits per heavy atom. The molecule has 3 fully saturated rings. The van der Waals surface area contributed by atoms with Crippen molar-refractivity contribution >= 4 is 70.9 Å². The number of ketones is 3. The molecule has 594 valence electrons. The van der Waals surface area contributed by atoms with Gasteiger partial charge in [0.2, 0.25) is 11.8 Å². The Bertz CT molecular complexity index is 3210. The van der Waals surface area contributed by atoms with Crippen LogP contribution in [0.15, 0.2) is 30.5 Å². The lowest BCUT2D eigenvalue weighted by molar-refractivity contribution is -0.301. The average Bonchev–Trinajstić information content (AvgIpc) is 0.826. The smallest absolute Gasteiger partial charge is 0.404 e. The Morgan fingerprint density at radius 3 is 1.65 bits per heavy atom. The van der Waals surface area contributed by atoms with Crippen molar-refractivity contribution in [3.63, 3.8) is 0 Å². The van der Waals surface area contributed by atoms with Gasteiger partial charge in [-0.2, -0.15) is 0 Å². The molecule has 3 aromatic rings.